The molecular formula is C9H10BrNO4. The quantitative estimate of drug-likeness (QED) is 0.716. The van der Waals surface area contributed by atoms with Crippen molar-refractivity contribution in [2.24, 2.45) is 4.99 Å². The number of halogens is 1. The number of carbonyl (C=O) groups excluding carboxylic acids is 2. The van der Waals surface area contributed by atoms with Crippen LogP contribution in [0.2, 0.25) is 0 Å². The minimum Gasteiger partial charge on any atom is -0.464 e. The van der Waals surface area contributed by atoms with Gasteiger partial charge in [0.15, 0.2) is 11.8 Å². The maximum atomic E-state index is 11.4. The van der Waals surface area contributed by atoms with Crippen LogP contribution in [0, 0.1) is 0 Å². The summed E-state index contributed by atoms with van der Waals surface area (Å²) in [5.74, 6) is -1.15. The number of dihydropyridines is 1. The van der Waals surface area contributed by atoms with Crippen LogP contribution in [0.1, 0.15) is 6.92 Å². The molecule has 0 aromatic carbocycles. The highest BCUT2D eigenvalue weighted by atomic mass is 79.9. The average molecular weight is 276 g/mol. The lowest BCUT2D eigenvalue weighted by atomic mass is 10.2. The molecule has 0 radical (unpaired) electrons. The molecule has 1 aliphatic rings. The lowest BCUT2D eigenvalue weighted by molar-refractivity contribution is -0.133. The Morgan fingerprint density at radius 3 is 2.87 bits per heavy atom. The van der Waals surface area contributed by atoms with Crippen LogP contribution >= 0.6 is 15.9 Å². The molecule has 5 nitrogen and oxygen atoms in total. The molecule has 0 spiro atoms. The molecule has 0 N–H and O–H groups in total. The van der Waals surface area contributed by atoms with Crippen molar-refractivity contribution in [1.82, 2.24) is 0 Å². The molecule has 1 unspecified atom stereocenters. The van der Waals surface area contributed by atoms with Crippen molar-refractivity contribution >= 4 is 33.5 Å². The number of ether oxygens (including phenoxy) is 2. The van der Waals surface area contributed by atoms with Gasteiger partial charge in [0.2, 0.25) is 0 Å². The van der Waals surface area contributed by atoms with Crippen molar-refractivity contribution in [3.05, 3.63) is 10.6 Å². The standard InChI is InChI=1S/C9H10BrNO4/c1-3-15-6-4-5(10)7(9(13)14-2)11-8(6)12/h4,6H,3H2,1-2H3. The number of carbonyl (C=O) groups is 2. The third-order valence-corrected chi connectivity index (χ3v) is 2.35. The highest BCUT2D eigenvalue weighted by Gasteiger charge is 2.27. The molecule has 1 aliphatic heterocycles. The Balaban J connectivity index is 2.89. The molecule has 1 rings (SSSR count). The zero-order valence-electron chi connectivity index (χ0n) is 8.32. The summed E-state index contributed by atoms with van der Waals surface area (Å²) >= 11 is 3.13. The highest BCUT2D eigenvalue weighted by molar-refractivity contribution is 9.12. The third kappa shape index (κ3) is 2.73. The summed E-state index contributed by atoms with van der Waals surface area (Å²) in [5, 5.41) is 0. The highest BCUT2D eigenvalue weighted by Crippen LogP contribution is 2.17. The predicted octanol–water partition coefficient (Wildman–Crippen LogP) is 0.825. The van der Waals surface area contributed by atoms with Gasteiger partial charge in [0.1, 0.15) is 0 Å². The number of hydrogen-bond donors (Lipinski definition) is 0. The molecule has 0 aliphatic carbocycles. The van der Waals surface area contributed by atoms with Gasteiger partial charge in [-0.15, -0.1) is 0 Å². The molecule has 1 amide bonds. The van der Waals surface area contributed by atoms with Crippen LogP contribution in [0.5, 0.6) is 0 Å². The van der Waals surface area contributed by atoms with Gasteiger partial charge in [-0.1, -0.05) is 0 Å². The predicted molar refractivity (Wildman–Crippen MR) is 56.9 cm³/mol. The summed E-state index contributed by atoms with van der Waals surface area (Å²) in [6, 6.07) is 0. The molecule has 1 atom stereocenters. The Bertz CT molecular complexity index is 348. The van der Waals surface area contributed by atoms with Gasteiger partial charge in [0.05, 0.1) is 7.11 Å². The zero-order chi connectivity index (χ0) is 11.4. The molecule has 0 saturated heterocycles. The van der Waals surface area contributed by atoms with Crippen LogP contribution in [0.25, 0.3) is 0 Å². The van der Waals surface area contributed by atoms with E-state index in [0.29, 0.717) is 11.1 Å². The normalized spacial score (nSPS) is 20.7. The van der Waals surface area contributed by atoms with E-state index in [2.05, 4.69) is 25.7 Å². The fourth-order valence-corrected chi connectivity index (χ4v) is 1.54. The topological polar surface area (TPSA) is 65.0 Å². The van der Waals surface area contributed by atoms with Gasteiger partial charge in [0, 0.05) is 11.1 Å². The van der Waals surface area contributed by atoms with Crippen molar-refractivity contribution in [1.29, 1.82) is 0 Å². The van der Waals surface area contributed by atoms with Gasteiger partial charge < -0.3 is 9.47 Å². The van der Waals surface area contributed by atoms with Gasteiger partial charge in [0.25, 0.3) is 5.91 Å². The van der Waals surface area contributed by atoms with E-state index in [0.717, 1.165) is 0 Å². The van der Waals surface area contributed by atoms with Crippen LogP contribution in [-0.2, 0) is 19.1 Å². The Morgan fingerprint density at radius 2 is 2.33 bits per heavy atom. The summed E-state index contributed by atoms with van der Waals surface area (Å²) in [6.45, 7) is 2.17. The fraction of sp³-hybridized carbons (Fsp3) is 0.444. The van der Waals surface area contributed by atoms with Crippen LogP contribution < -0.4 is 0 Å². The average Bonchev–Trinajstić information content (AvgIpc) is 2.22. The molecule has 0 aromatic rings. The first-order valence-corrected chi connectivity index (χ1v) is 5.09. The van der Waals surface area contributed by atoms with Gasteiger partial charge in [-0.05, 0) is 28.9 Å². The molecule has 82 valence electrons. The molecule has 15 heavy (non-hydrogen) atoms. The molecule has 6 heteroatoms. The largest absolute Gasteiger partial charge is 0.464 e. The molecular weight excluding hydrogens is 266 g/mol. The van der Waals surface area contributed by atoms with Crippen LogP contribution in [0.3, 0.4) is 0 Å². The van der Waals surface area contributed by atoms with Gasteiger partial charge >= 0.3 is 5.97 Å². The van der Waals surface area contributed by atoms with E-state index in [4.69, 9.17) is 4.74 Å². The second kappa shape index (κ2) is 5.18. The van der Waals surface area contributed by atoms with Crippen LogP contribution in [-0.4, -0.2) is 37.4 Å². The van der Waals surface area contributed by atoms with Crippen molar-refractivity contribution in [2.75, 3.05) is 13.7 Å². The first kappa shape index (κ1) is 12.1. The van der Waals surface area contributed by atoms with Crippen molar-refractivity contribution in [3.8, 4) is 0 Å². The summed E-state index contributed by atoms with van der Waals surface area (Å²) in [5.41, 5.74) is -0.0292. The second-order valence-corrected chi connectivity index (χ2v) is 3.54. The van der Waals surface area contributed by atoms with E-state index >= 15 is 0 Å². The van der Waals surface area contributed by atoms with E-state index in [1.54, 1.807) is 6.92 Å². The Hall–Kier alpha value is -1.01. The van der Waals surface area contributed by atoms with E-state index in [-0.39, 0.29) is 5.71 Å². The zero-order valence-corrected chi connectivity index (χ0v) is 9.91. The Kier molecular flexibility index (Phi) is 4.16. The van der Waals surface area contributed by atoms with Crippen molar-refractivity contribution < 1.29 is 19.1 Å². The molecule has 1 heterocycles. The van der Waals surface area contributed by atoms with E-state index < -0.39 is 18.0 Å². The first-order valence-electron chi connectivity index (χ1n) is 4.30. The smallest absolute Gasteiger partial charge is 0.357 e. The summed E-state index contributed by atoms with van der Waals surface area (Å²) in [6.07, 6.45) is 0.767. The molecule has 0 fully saturated rings. The van der Waals surface area contributed by atoms with E-state index in [9.17, 15) is 9.59 Å². The van der Waals surface area contributed by atoms with Crippen LogP contribution in [0.15, 0.2) is 15.6 Å². The number of amides is 1. The maximum absolute atomic E-state index is 11.4. The summed E-state index contributed by atoms with van der Waals surface area (Å²) in [7, 11) is 1.23. The van der Waals surface area contributed by atoms with Crippen molar-refractivity contribution in [2.45, 2.75) is 13.0 Å². The molecule has 0 saturated carbocycles. The van der Waals surface area contributed by atoms with Crippen molar-refractivity contribution in [3.63, 3.8) is 0 Å². The Labute approximate surface area is 95.3 Å². The van der Waals surface area contributed by atoms with Crippen LogP contribution in [0.4, 0.5) is 0 Å². The SMILES string of the molecule is CCOC1C=C(Br)C(C(=O)OC)=NC1=O. The second-order valence-electron chi connectivity index (χ2n) is 2.68. The monoisotopic (exact) mass is 275 g/mol. The first-order chi connectivity index (χ1) is 7.10. The number of esters is 1. The lowest BCUT2D eigenvalue weighted by Gasteiger charge is -2.15. The number of hydrogen-bond acceptors (Lipinski definition) is 4. The molecule has 0 bridgehead atoms. The molecule has 0 aromatic heterocycles. The minimum absolute atomic E-state index is 0.0292. The lowest BCUT2D eigenvalue weighted by Crippen LogP contribution is -2.30. The fourth-order valence-electron chi connectivity index (χ4n) is 1.05. The minimum atomic E-state index is -0.724. The summed E-state index contributed by atoms with van der Waals surface area (Å²) in [4.78, 5) is 26.1. The maximum Gasteiger partial charge on any atom is 0.357 e. The number of methoxy groups -OCH3 is 1. The van der Waals surface area contributed by atoms with Gasteiger partial charge in [-0.3, -0.25) is 4.79 Å². The van der Waals surface area contributed by atoms with E-state index in [1.165, 1.54) is 13.2 Å². The number of aliphatic imine (C=N–C) groups is 1. The Morgan fingerprint density at radius 1 is 1.67 bits per heavy atom. The number of rotatable bonds is 3. The van der Waals surface area contributed by atoms with E-state index in [1.807, 2.05) is 0 Å². The third-order valence-electron chi connectivity index (χ3n) is 1.71. The van der Waals surface area contributed by atoms with Gasteiger partial charge in [-0.25, -0.2) is 9.79 Å². The van der Waals surface area contributed by atoms with Gasteiger partial charge in [-0.2, -0.15) is 0 Å². The summed E-state index contributed by atoms with van der Waals surface area (Å²) < 4.78 is 9.99. The number of nitrogens with zero attached hydrogens (tertiary/aromatic N) is 1.